The second kappa shape index (κ2) is 40.6. The second-order valence-corrected chi connectivity index (χ2v) is 18.2. The van der Waals surface area contributed by atoms with Crippen molar-refractivity contribution in [1.82, 2.24) is 0 Å². The summed E-state index contributed by atoms with van der Waals surface area (Å²) in [5.74, 6) is 1.55. The van der Waals surface area contributed by atoms with Gasteiger partial charge >= 0.3 is 17.9 Å². The Bertz CT molecular complexity index is 852. The van der Waals surface area contributed by atoms with Crippen LogP contribution in [-0.2, 0) is 28.6 Å². The first-order valence-electron chi connectivity index (χ1n) is 24.1. The molecule has 0 aromatic heterocycles. The van der Waals surface area contributed by atoms with Gasteiger partial charge in [-0.2, -0.15) is 0 Å². The molecular weight excluding hydrogens is 685 g/mol. The second-order valence-electron chi connectivity index (χ2n) is 18.2. The summed E-state index contributed by atoms with van der Waals surface area (Å²) >= 11 is 0. The molecule has 0 saturated heterocycles. The van der Waals surface area contributed by atoms with Crippen LogP contribution >= 0.6 is 0 Å². The Morgan fingerprint density at radius 1 is 0.309 bits per heavy atom. The smallest absolute Gasteiger partial charge is 0.306 e. The first kappa shape index (κ1) is 53.4. The van der Waals surface area contributed by atoms with Gasteiger partial charge in [0.25, 0.3) is 0 Å². The molecule has 1 atom stereocenters. The number of carbonyl (C=O) groups is 3. The molecule has 0 radical (unpaired) electrons. The number of rotatable bonds is 42. The van der Waals surface area contributed by atoms with E-state index in [0.29, 0.717) is 19.3 Å². The molecule has 326 valence electrons. The van der Waals surface area contributed by atoms with Crippen LogP contribution in [0.4, 0.5) is 0 Å². The highest BCUT2D eigenvalue weighted by molar-refractivity contribution is 5.71. The number of ether oxygens (including phenoxy) is 3. The number of esters is 3. The zero-order valence-electron chi connectivity index (χ0n) is 37.7. The van der Waals surface area contributed by atoms with Gasteiger partial charge in [0, 0.05) is 19.3 Å². The van der Waals surface area contributed by atoms with Crippen molar-refractivity contribution >= 4 is 17.9 Å². The topological polar surface area (TPSA) is 78.9 Å². The highest BCUT2D eigenvalue weighted by atomic mass is 16.6. The molecule has 0 unspecified atom stereocenters. The molecule has 0 bridgehead atoms. The lowest BCUT2D eigenvalue weighted by molar-refractivity contribution is -0.167. The van der Waals surface area contributed by atoms with E-state index in [1.165, 1.54) is 141 Å². The number of hydrogen-bond donors (Lipinski definition) is 0. The summed E-state index contributed by atoms with van der Waals surface area (Å²) in [5.41, 5.74) is 0. The first-order chi connectivity index (χ1) is 26.6. The fourth-order valence-electron chi connectivity index (χ4n) is 7.23. The molecule has 6 heteroatoms. The molecule has 0 aliphatic heterocycles. The number of carbonyl (C=O) groups excluding carboxylic acids is 3. The molecule has 0 aromatic rings. The van der Waals surface area contributed by atoms with Crippen molar-refractivity contribution in [3.63, 3.8) is 0 Å². The molecular formula is C49H94O6. The van der Waals surface area contributed by atoms with E-state index in [2.05, 4.69) is 41.5 Å². The normalized spacial score (nSPS) is 12.2. The lowest BCUT2D eigenvalue weighted by Gasteiger charge is -2.18. The van der Waals surface area contributed by atoms with Gasteiger partial charge in [-0.1, -0.05) is 221 Å². The van der Waals surface area contributed by atoms with Gasteiger partial charge < -0.3 is 14.2 Å². The Morgan fingerprint density at radius 3 is 0.782 bits per heavy atom. The zero-order valence-corrected chi connectivity index (χ0v) is 37.7. The molecule has 0 aliphatic rings. The fraction of sp³-hybridized carbons (Fsp3) is 0.939. The first-order valence-corrected chi connectivity index (χ1v) is 24.1. The third-order valence-electron chi connectivity index (χ3n) is 10.9. The van der Waals surface area contributed by atoms with Crippen LogP contribution in [0, 0.1) is 17.8 Å². The molecule has 0 amide bonds. The van der Waals surface area contributed by atoms with Gasteiger partial charge in [0.05, 0.1) is 0 Å². The Labute approximate surface area is 342 Å². The minimum atomic E-state index is -0.762. The van der Waals surface area contributed by atoms with E-state index < -0.39 is 6.10 Å². The SMILES string of the molecule is CC(C)CCCCCCCCCCCCCCC(=O)O[C@H](COC(=O)CCCCCCCCCCCCC(C)C)COC(=O)CCCCCCCCC(C)C. The van der Waals surface area contributed by atoms with E-state index in [1.807, 2.05) is 0 Å². The molecule has 0 aromatic carbocycles. The van der Waals surface area contributed by atoms with E-state index in [0.717, 1.165) is 75.5 Å². The van der Waals surface area contributed by atoms with Crippen LogP contribution in [0.25, 0.3) is 0 Å². The summed E-state index contributed by atoms with van der Waals surface area (Å²) in [4.78, 5) is 37.8. The van der Waals surface area contributed by atoms with Crippen molar-refractivity contribution in [3.8, 4) is 0 Å². The minimum absolute atomic E-state index is 0.0661. The van der Waals surface area contributed by atoms with Gasteiger partial charge in [-0.25, -0.2) is 0 Å². The van der Waals surface area contributed by atoms with Crippen LogP contribution in [0.1, 0.15) is 260 Å². The van der Waals surface area contributed by atoms with Gasteiger partial charge in [0.2, 0.25) is 0 Å². The fourth-order valence-corrected chi connectivity index (χ4v) is 7.23. The monoisotopic (exact) mass is 779 g/mol. The Morgan fingerprint density at radius 2 is 0.527 bits per heavy atom. The molecule has 0 spiro atoms. The van der Waals surface area contributed by atoms with Crippen molar-refractivity contribution in [2.75, 3.05) is 13.2 Å². The summed E-state index contributed by atoms with van der Waals surface area (Å²) in [5, 5.41) is 0. The lowest BCUT2D eigenvalue weighted by atomic mass is 10.0. The predicted octanol–water partition coefficient (Wildman–Crippen LogP) is 15.2. The summed E-state index contributed by atoms with van der Waals surface area (Å²) in [7, 11) is 0. The zero-order chi connectivity index (χ0) is 40.6. The van der Waals surface area contributed by atoms with Gasteiger partial charge in [-0.05, 0) is 37.0 Å². The van der Waals surface area contributed by atoms with Crippen LogP contribution in [0.2, 0.25) is 0 Å². The maximum absolute atomic E-state index is 12.7. The molecule has 0 rings (SSSR count). The van der Waals surface area contributed by atoms with Crippen LogP contribution in [0.5, 0.6) is 0 Å². The van der Waals surface area contributed by atoms with E-state index in [1.54, 1.807) is 0 Å². The molecule has 0 fully saturated rings. The summed E-state index contributed by atoms with van der Waals surface area (Å²) in [6.07, 6.45) is 38.2. The van der Waals surface area contributed by atoms with Crippen LogP contribution < -0.4 is 0 Å². The Hall–Kier alpha value is -1.59. The third kappa shape index (κ3) is 43.4. The summed E-state index contributed by atoms with van der Waals surface area (Å²) in [6, 6.07) is 0. The Balaban J connectivity index is 4.31. The van der Waals surface area contributed by atoms with E-state index in [-0.39, 0.29) is 31.1 Å². The van der Waals surface area contributed by atoms with Crippen LogP contribution in [0.15, 0.2) is 0 Å². The largest absolute Gasteiger partial charge is 0.462 e. The summed E-state index contributed by atoms with van der Waals surface area (Å²) in [6.45, 7) is 13.6. The van der Waals surface area contributed by atoms with Crippen molar-refractivity contribution in [3.05, 3.63) is 0 Å². The van der Waals surface area contributed by atoms with Crippen molar-refractivity contribution in [1.29, 1.82) is 0 Å². The van der Waals surface area contributed by atoms with Crippen molar-refractivity contribution in [2.45, 2.75) is 266 Å². The number of hydrogen-bond acceptors (Lipinski definition) is 6. The van der Waals surface area contributed by atoms with Gasteiger partial charge in [-0.15, -0.1) is 0 Å². The van der Waals surface area contributed by atoms with Crippen LogP contribution in [0.3, 0.4) is 0 Å². The molecule has 0 N–H and O–H groups in total. The molecule has 55 heavy (non-hydrogen) atoms. The number of unbranched alkanes of at least 4 members (excludes halogenated alkanes) is 25. The van der Waals surface area contributed by atoms with Crippen molar-refractivity contribution < 1.29 is 28.6 Å². The van der Waals surface area contributed by atoms with E-state index >= 15 is 0 Å². The average Bonchev–Trinajstić information content (AvgIpc) is 3.13. The maximum Gasteiger partial charge on any atom is 0.306 e. The molecule has 6 nitrogen and oxygen atoms in total. The third-order valence-corrected chi connectivity index (χ3v) is 10.9. The highest BCUT2D eigenvalue weighted by Crippen LogP contribution is 2.17. The Kier molecular flexibility index (Phi) is 39.4. The van der Waals surface area contributed by atoms with E-state index in [9.17, 15) is 14.4 Å². The van der Waals surface area contributed by atoms with Gasteiger partial charge in [0.15, 0.2) is 6.10 Å². The molecule has 0 heterocycles. The quantitative estimate of drug-likeness (QED) is 0.0349. The van der Waals surface area contributed by atoms with E-state index in [4.69, 9.17) is 14.2 Å². The highest BCUT2D eigenvalue weighted by Gasteiger charge is 2.19. The van der Waals surface area contributed by atoms with Crippen molar-refractivity contribution in [2.24, 2.45) is 17.8 Å². The van der Waals surface area contributed by atoms with Gasteiger partial charge in [-0.3, -0.25) is 14.4 Å². The minimum Gasteiger partial charge on any atom is -0.462 e. The lowest BCUT2D eigenvalue weighted by Crippen LogP contribution is -2.30. The average molecular weight is 779 g/mol. The standard InChI is InChI=1S/C49H94O6/c1-43(2)35-29-23-17-13-9-7-8-10-16-20-28-34-40-49(52)55-46(42-54-48(51)39-33-27-22-21-25-31-37-45(5)6)41-53-47(50)38-32-26-19-15-12-11-14-18-24-30-36-44(3)4/h43-46H,7-42H2,1-6H3/t46-/m1/s1. The molecule has 0 saturated carbocycles. The molecule has 0 aliphatic carbocycles. The predicted molar refractivity (Wildman–Crippen MR) is 233 cm³/mol. The van der Waals surface area contributed by atoms with Crippen LogP contribution in [-0.4, -0.2) is 37.2 Å². The maximum atomic E-state index is 12.7. The summed E-state index contributed by atoms with van der Waals surface area (Å²) < 4.78 is 16.7. The van der Waals surface area contributed by atoms with Gasteiger partial charge in [0.1, 0.15) is 13.2 Å².